The molecule has 96 valence electrons. The van der Waals surface area contributed by atoms with E-state index in [2.05, 4.69) is 0 Å². The lowest BCUT2D eigenvalue weighted by Crippen LogP contribution is -2.44. The summed E-state index contributed by atoms with van der Waals surface area (Å²) in [5.74, 6) is 0. The molecular formula is C12H25NO3. The first kappa shape index (κ1) is 13.9. The maximum Gasteiger partial charge on any atom is 0.109 e. The molecule has 4 nitrogen and oxygen atoms in total. The van der Waals surface area contributed by atoms with Crippen molar-refractivity contribution in [2.24, 2.45) is 5.73 Å². The molecule has 0 aromatic carbocycles. The van der Waals surface area contributed by atoms with E-state index in [1.54, 1.807) is 0 Å². The molecule has 1 fully saturated rings. The van der Waals surface area contributed by atoms with Crippen LogP contribution in [-0.4, -0.2) is 43.2 Å². The lowest BCUT2D eigenvalue weighted by molar-refractivity contribution is -0.0860. The Morgan fingerprint density at radius 1 is 1.19 bits per heavy atom. The van der Waals surface area contributed by atoms with Gasteiger partial charge in [0, 0.05) is 0 Å². The van der Waals surface area contributed by atoms with Crippen LogP contribution in [0.15, 0.2) is 0 Å². The summed E-state index contributed by atoms with van der Waals surface area (Å²) in [6.07, 6.45) is 0.287. The Kier molecular flexibility index (Phi) is 5.18. The second-order valence-corrected chi connectivity index (χ2v) is 4.99. The molecule has 4 atom stereocenters. The monoisotopic (exact) mass is 231 g/mol. The molecule has 0 aromatic heterocycles. The molecule has 0 radical (unpaired) electrons. The van der Waals surface area contributed by atoms with Crippen molar-refractivity contribution < 1.29 is 14.2 Å². The molecule has 2 N–H and O–H groups in total. The first-order valence-electron chi connectivity index (χ1n) is 6.10. The Labute approximate surface area is 98.4 Å². The van der Waals surface area contributed by atoms with Gasteiger partial charge in [-0.3, -0.25) is 0 Å². The fraction of sp³-hybridized carbons (Fsp3) is 1.00. The van der Waals surface area contributed by atoms with E-state index in [-0.39, 0.29) is 36.6 Å². The van der Waals surface area contributed by atoms with E-state index in [0.717, 1.165) is 0 Å². The molecule has 1 saturated heterocycles. The largest absolute Gasteiger partial charge is 0.376 e. The van der Waals surface area contributed by atoms with Crippen LogP contribution in [0.25, 0.3) is 0 Å². The van der Waals surface area contributed by atoms with E-state index < -0.39 is 0 Å². The highest BCUT2D eigenvalue weighted by molar-refractivity contribution is 4.93. The Balaban J connectivity index is 2.52. The van der Waals surface area contributed by atoms with Gasteiger partial charge in [-0.1, -0.05) is 0 Å². The third-order valence-electron chi connectivity index (χ3n) is 2.70. The zero-order valence-electron chi connectivity index (χ0n) is 11.0. The van der Waals surface area contributed by atoms with Gasteiger partial charge in [0.05, 0.1) is 31.0 Å². The maximum atomic E-state index is 6.06. The molecule has 4 heteroatoms. The quantitative estimate of drug-likeness (QED) is 0.775. The van der Waals surface area contributed by atoms with Crippen LogP contribution in [0.2, 0.25) is 0 Å². The summed E-state index contributed by atoms with van der Waals surface area (Å²) in [6, 6.07) is -0.0665. The molecule has 1 rings (SSSR count). The van der Waals surface area contributed by atoms with Crippen molar-refractivity contribution in [3.63, 3.8) is 0 Å². The van der Waals surface area contributed by atoms with Gasteiger partial charge in [0.25, 0.3) is 0 Å². The molecule has 2 unspecified atom stereocenters. The van der Waals surface area contributed by atoms with Gasteiger partial charge in [-0.2, -0.15) is 0 Å². The van der Waals surface area contributed by atoms with Gasteiger partial charge in [0.2, 0.25) is 0 Å². The smallest absolute Gasteiger partial charge is 0.109 e. The summed E-state index contributed by atoms with van der Waals surface area (Å²) in [4.78, 5) is 0. The predicted octanol–water partition coefficient (Wildman–Crippen LogP) is 1.32. The summed E-state index contributed by atoms with van der Waals surface area (Å²) in [6.45, 7) is 10.6. The Morgan fingerprint density at radius 3 is 2.31 bits per heavy atom. The van der Waals surface area contributed by atoms with Gasteiger partial charge in [-0.15, -0.1) is 0 Å². The summed E-state index contributed by atoms with van der Waals surface area (Å²) in [7, 11) is 0. The van der Waals surface area contributed by atoms with E-state index >= 15 is 0 Å². The Hall–Kier alpha value is -0.160. The van der Waals surface area contributed by atoms with E-state index in [0.29, 0.717) is 6.61 Å². The predicted molar refractivity (Wildman–Crippen MR) is 63.4 cm³/mol. The maximum absolute atomic E-state index is 6.06. The molecule has 0 bridgehead atoms. The van der Waals surface area contributed by atoms with Gasteiger partial charge in [-0.05, 0) is 34.6 Å². The second-order valence-electron chi connectivity index (χ2n) is 4.99. The summed E-state index contributed by atoms with van der Waals surface area (Å²) in [5, 5.41) is 0. The van der Waals surface area contributed by atoms with Gasteiger partial charge in [-0.25, -0.2) is 0 Å². The van der Waals surface area contributed by atoms with E-state index in [4.69, 9.17) is 19.9 Å². The summed E-state index contributed by atoms with van der Waals surface area (Å²) >= 11 is 0. The van der Waals surface area contributed by atoms with E-state index in [9.17, 15) is 0 Å². The fourth-order valence-corrected chi connectivity index (χ4v) is 1.87. The number of hydrogen-bond donors (Lipinski definition) is 1. The van der Waals surface area contributed by atoms with Crippen molar-refractivity contribution in [1.82, 2.24) is 0 Å². The molecule has 0 spiro atoms. The van der Waals surface area contributed by atoms with Crippen molar-refractivity contribution in [2.45, 2.75) is 71.2 Å². The minimum Gasteiger partial charge on any atom is -0.376 e. The average molecular weight is 231 g/mol. The number of hydrogen-bond acceptors (Lipinski definition) is 4. The van der Waals surface area contributed by atoms with Crippen LogP contribution in [0.5, 0.6) is 0 Å². The number of rotatable bonds is 5. The zero-order valence-corrected chi connectivity index (χ0v) is 11.0. The van der Waals surface area contributed by atoms with Crippen molar-refractivity contribution in [3.05, 3.63) is 0 Å². The number of nitrogens with two attached hydrogens (primary N) is 1. The van der Waals surface area contributed by atoms with Crippen LogP contribution < -0.4 is 5.73 Å². The van der Waals surface area contributed by atoms with Crippen LogP contribution in [0.1, 0.15) is 34.6 Å². The van der Waals surface area contributed by atoms with Crippen LogP contribution >= 0.6 is 0 Å². The highest BCUT2D eigenvalue weighted by Gasteiger charge is 2.41. The third kappa shape index (κ3) is 3.70. The minimum absolute atomic E-state index is 0.0320. The van der Waals surface area contributed by atoms with Crippen molar-refractivity contribution in [2.75, 3.05) is 6.61 Å². The molecule has 1 aliphatic rings. The van der Waals surface area contributed by atoms with Crippen molar-refractivity contribution >= 4 is 0 Å². The Bertz CT molecular complexity index is 208. The molecule has 0 aromatic rings. The number of ether oxygens (including phenoxy) is 3. The van der Waals surface area contributed by atoms with Crippen LogP contribution in [0.4, 0.5) is 0 Å². The average Bonchev–Trinajstić information content (AvgIpc) is 2.42. The summed E-state index contributed by atoms with van der Waals surface area (Å²) < 4.78 is 17.1. The van der Waals surface area contributed by atoms with Gasteiger partial charge in [0.1, 0.15) is 12.2 Å². The minimum atomic E-state index is -0.0665. The molecule has 16 heavy (non-hydrogen) atoms. The highest BCUT2D eigenvalue weighted by Crippen LogP contribution is 2.24. The van der Waals surface area contributed by atoms with E-state index in [1.165, 1.54) is 0 Å². The highest BCUT2D eigenvalue weighted by atomic mass is 16.6. The first-order chi connectivity index (χ1) is 7.41. The SMILES string of the molecule is CC(C)OC[C@H]1O[C@@H](C)C(N)C1OC(C)C. The topological polar surface area (TPSA) is 53.7 Å². The Morgan fingerprint density at radius 2 is 1.81 bits per heavy atom. The summed E-state index contributed by atoms with van der Waals surface area (Å²) in [5.41, 5.74) is 6.06. The molecule has 0 saturated carbocycles. The van der Waals surface area contributed by atoms with Crippen LogP contribution in [0.3, 0.4) is 0 Å². The molecular weight excluding hydrogens is 206 g/mol. The van der Waals surface area contributed by atoms with Crippen molar-refractivity contribution in [3.8, 4) is 0 Å². The van der Waals surface area contributed by atoms with Crippen LogP contribution in [-0.2, 0) is 14.2 Å². The standard InChI is InChI=1S/C12H25NO3/c1-7(2)14-6-10-12(15-8(3)4)11(13)9(5)16-10/h7-12H,6,13H2,1-5H3/t9-,10+,11?,12?/m0/s1. The molecule has 1 aliphatic heterocycles. The van der Waals surface area contributed by atoms with Gasteiger partial charge < -0.3 is 19.9 Å². The fourth-order valence-electron chi connectivity index (χ4n) is 1.87. The van der Waals surface area contributed by atoms with Gasteiger partial charge in [0.15, 0.2) is 0 Å². The molecule has 0 aliphatic carbocycles. The second kappa shape index (κ2) is 5.96. The van der Waals surface area contributed by atoms with Crippen molar-refractivity contribution in [1.29, 1.82) is 0 Å². The third-order valence-corrected chi connectivity index (χ3v) is 2.70. The lowest BCUT2D eigenvalue weighted by Gasteiger charge is -2.24. The molecule has 0 amide bonds. The van der Waals surface area contributed by atoms with Gasteiger partial charge >= 0.3 is 0 Å². The first-order valence-corrected chi connectivity index (χ1v) is 6.10. The zero-order chi connectivity index (χ0) is 12.3. The lowest BCUT2D eigenvalue weighted by atomic mass is 10.1. The normalized spacial score (nSPS) is 35.2. The van der Waals surface area contributed by atoms with Crippen LogP contribution in [0, 0.1) is 0 Å². The molecule has 1 heterocycles. The van der Waals surface area contributed by atoms with E-state index in [1.807, 2.05) is 34.6 Å².